The van der Waals surface area contributed by atoms with Gasteiger partial charge in [0.05, 0.1) is 31.0 Å². The lowest BCUT2D eigenvalue weighted by Gasteiger charge is -2.10. The number of nitrogens with two attached hydrogens (primary N) is 1. The van der Waals surface area contributed by atoms with Crippen molar-refractivity contribution < 1.29 is 29.3 Å². The predicted octanol–water partition coefficient (Wildman–Crippen LogP) is 3.19. The summed E-state index contributed by atoms with van der Waals surface area (Å²) in [4.78, 5) is 21.4. The molecule has 0 spiro atoms. The number of carbonyl (C=O) groups is 2. The fourth-order valence-electron chi connectivity index (χ4n) is 2.11. The van der Waals surface area contributed by atoms with Gasteiger partial charge in [0.1, 0.15) is 11.5 Å². The third-order valence-corrected chi connectivity index (χ3v) is 3.51. The van der Waals surface area contributed by atoms with Crippen molar-refractivity contribution in [3.63, 3.8) is 0 Å². The topological polar surface area (TPSA) is 131 Å². The Morgan fingerprint density at radius 3 is 1.93 bits per heavy atom. The molecule has 5 N–H and O–H groups in total. The van der Waals surface area contributed by atoms with Crippen LogP contribution in [0.1, 0.15) is 34.1 Å². The van der Waals surface area contributed by atoms with E-state index in [9.17, 15) is 9.59 Å². The third kappa shape index (κ3) is 6.43. The van der Waals surface area contributed by atoms with Gasteiger partial charge in [0.2, 0.25) is 0 Å². The van der Waals surface area contributed by atoms with Crippen LogP contribution < -0.4 is 20.5 Å². The van der Waals surface area contributed by atoms with E-state index in [0.717, 1.165) is 13.0 Å². The molecule has 8 heteroatoms. The highest BCUT2D eigenvalue weighted by molar-refractivity contribution is 5.94. The van der Waals surface area contributed by atoms with Crippen molar-refractivity contribution in [1.29, 1.82) is 0 Å². The summed E-state index contributed by atoms with van der Waals surface area (Å²) in [5.74, 6) is -0.762. The second kappa shape index (κ2) is 10.5. The first-order chi connectivity index (χ1) is 12.8. The van der Waals surface area contributed by atoms with E-state index in [0.29, 0.717) is 17.2 Å². The molecule has 0 atom stereocenters. The van der Waals surface area contributed by atoms with E-state index >= 15 is 0 Å². The average molecular weight is 376 g/mol. The predicted molar refractivity (Wildman–Crippen MR) is 103 cm³/mol. The molecule has 0 aliphatic heterocycles. The van der Waals surface area contributed by atoms with Crippen LogP contribution in [0.15, 0.2) is 36.4 Å². The van der Waals surface area contributed by atoms with Crippen molar-refractivity contribution in [1.82, 2.24) is 0 Å². The minimum atomic E-state index is -1.03. The molecule has 2 aromatic rings. The summed E-state index contributed by atoms with van der Waals surface area (Å²) in [5, 5.41) is 20.6. The fourth-order valence-corrected chi connectivity index (χ4v) is 2.11. The Labute approximate surface area is 157 Å². The molecular weight excluding hydrogens is 352 g/mol. The Bertz CT molecular complexity index is 792. The van der Waals surface area contributed by atoms with Gasteiger partial charge in [-0.05, 0) is 30.7 Å². The molecule has 0 aliphatic carbocycles. The number of hydrogen-bond donors (Lipinski definition) is 4. The van der Waals surface area contributed by atoms with E-state index in [-0.39, 0.29) is 16.8 Å². The van der Waals surface area contributed by atoms with Crippen LogP contribution in [0, 0.1) is 0 Å². The highest BCUT2D eigenvalue weighted by Gasteiger charge is 2.10. The Morgan fingerprint density at radius 2 is 1.48 bits per heavy atom. The molecule has 27 heavy (non-hydrogen) atoms. The quantitative estimate of drug-likeness (QED) is 0.542. The summed E-state index contributed by atoms with van der Waals surface area (Å²) in [6, 6.07) is 9.32. The Kier molecular flexibility index (Phi) is 8.44. The Balaban J connectivity index is 0.000000277. The number of methoxy groups -OCH3 is 2. The molecule has 8 nitrogen and oxygen atoms in total. The normalized spacial score (nSPS) is 9.59. The zero-order valence-corrected chi connectivity index (χ0v) is 15.5. The van der Waals surface area contributed by atoms with Gasteiger partial charge in [0.15, 0.2) is 0 Å². The van der Waals surface area contributed by atoms with E-state index < -0.39 is 11.9 Å². The number of benzene rings is 2. The number of carboxylic acids is 2. The third-order valence-electron chi connectivity index (χ3n) is 3.51. The lowest BCUT2D eigenvalue weighted by atomic mass is 10.1. The average Bonchev–Trinajstić information content (AvgIpc) is 2.65. The monoisotopic (exact) mass is 376 g/mol. The van der Waals surface area contributed by atoms with Crippen LogP contribution in [0.4, 0.5) is 11.4 Å². The lowest BCUT2D eigenvalue weighted by molar-refractivity contribution is 0.0687. The molecule has 0 amide bonds. The maximum Gasteiger partial charge on any atom is 0.337 e. The molecule has 0 aliphatic rings. The van der Waals surface area contributed by atoms with Crippen molar-refractivity contribution in [3.05, 3.63) is 47.5 Å². The molecule has 2 rings (SSSR count). The molecular formula is C19H24N2O6. The van der Waals surface area contributed by atoms with Crippen LogP contribution in [0.2, 0.25) is 0 Å². The van der Waals surface area contributed by atoms with Gasteiger partial charge >= 0.3 is 11.9 Å². The highest BCUT2D eigenvalue weighted by Crippen LogP contribution is 2.22. The molecule has 0 saturated carbocycles. The highest BCUT2D eigenvalue weighted by atomic mass is 16.5. The summed E-state index contributed by atoms with van der Waals surface area (Å²) >= 11 is 0. The van der Waals surface area contributed by atoms with Crippen LogP contribution >= 0.6 is 0 Å². The van der Waals surface area contributed by atoms with Gasteiger partial charge < -0.3 is 30.7 Å². The van der Waals surface area contributed by atoms with Gasteiger partial charge in [-0.25, -0.2) is 9.59 Å². The smallest absolute Gasteiger partial charge is 0.337 e. The first-order valence-corrected chi connectivity index (χ1v) is 8.16. The van der Waals surface area contributed by atoms with E-state index in [1.54, 1.807) is 31.4 Å². The fraction of sp³-hybridized carbons (Fsp3) is 0.263. The number of hydrogen-bond acceptors (Lipinski definition) is 6. The van der Waals surface area contributed by atoms with E-state index in [2.05, 4.69) is 5.32 Å². The molecule has 0 fully saturated rings. The summed E-state index contributed by atoms with van der Waals surface area (Å²) in [7, 11) is 3.05. The molecule has 0 heterocycles. The number of nitrogen functional groups attached to an aromatic ring is 1. The number of ether oxygens (including phenoxy) is 2. The summed E-state index contributed by atoms with van der Waals surface area (Å²) < 4.78 is 9.89. The summed E-state index contributed by atoms with van der Waals surface area (Å²) in [5.41, 5.74) is 6.61. The minimum Gasteiger partial charge on any atom is -0.497 e. The van der Waals surface area contributed by atoms with Gasteiger partial charge in [-0.1, -0.05) is 6.92 Å². The van der Waals surface area contributed by atoms with E-state index in [1.807, 2.05) is 6.92 Å². The molecule has 146 valence electrons. The van der Waals surface area contributed by atoms with Crippen LogP contribution in [0.5, 0.6) is 11.5 Å². The molecule has 0 bridgehead atoms. The van der Waals surface area contributed by atoms with Crippen molar-refractivity contribution in [3.8, 4) is 11.5 Å². The van der Waals surface area contributed by atoms with Crippen LogP contribution in [-0.2, 0) is 0 Å². The first kappa shape index (κ1) is 21.6. The summed E-state index contributed by atoms with van der Waals surface area (Å²) in [6.45, 7) is 2.76. The van der Waals surface area contributed by atoms with Gasteiger partial charge in [-0.3, -0.25) is 0 Å². The first-order valence-electron chi connectivity index (χ1n) is 8.16. The van der Waals surface area contributed by atoms with Crippen LogP contribution in [0.25, 0.3) is 0 Å². The minimum absolute atomic E-state index is 0.0933. The number of anilines is 2. The number of aromatic carboxylic acids is 2. The zero-order chi connectivity index (χ0) is 20.4. The Morgan fingerprint density at radius 1 is 0.963 bits per heavy atom. The van der Waals surface area contributed by atoms with E-state index in [1.165, 1.54) is 19.2 Å². The molecule has 0 radical (unpaired) electrons. The zero-order valence-electron chi connectivity index (χ0n) is 15.5. The van der Waals surface area contributed by atoms with Crippen molar-refractivity contribution in [2.24, 2.45) is 0 Å². The lowest BCUT2D eigenvalue weighted by Crippen LogP contribution is -2.07. The maximum absolute atomic E-state index is 10.9. The van der Waals surface area contributed by atoms with Crippen molar-refractivity contribution >= 4 is 23.3 Å². The maximum atomic E-state index is 10.9. The summed E-state index contributed by atoms with van der Waals surface area (Å²) in [6.07, 6.45) is 0.941. The number of rotatable bonds is 7. The van der Waals surface area contributed by atoms with Gasteiger partial charge in [-0.2, -0.15) is 0 Å². The van der Waals surface area contributed by atoms with Crippen LogP contribution in [0.3, 0.4) is 0 Å². The van der Waals surface area contributed by atoms with E-state index in [4.69, 9.17) is 25.4 Å². The molecule has 0 unspecified atom stereocenters. The largest absolute Gasteiger partial charge is 0.497 e. The second-order valence-corrected chi connectivity index (χ2v) is 5.40. The van der Waals surface area contributed by atoms with Crippen molar-refractivity contribution in [2.45, 2.75) is 13.3 Å². The second-order valence-electron chi connectivity index (χ2n) is 5.40. The molecule has 0 aromatic heterocycles. The standard InChI is InChI=1S/C11H15NO3.C8H9NO3/c1-3-6-12-10-7-8(15-2)4-5-9(10)11(13)14;1-12-5-2-3-6(8(10)11)7(9)4-5/h4-5,7,12H,3,6H2,1-2H3,(H,13,14);2-4H,9H2,1H3,(H,10,11). The van der Waals surface area contributed by atoms with Gasteiger partial charge in [-0.15, -0.1) is 0 Å². The van der Waals surface area contributed by atoms with Gasteiger partial charge in [0.25, 0.3) is 0 Å². The Hall–Kier alpha value is -3.42. The SMILES string of the molecule is CCCNc1cc(OC)ccc1C(=O)O.COc1ccc(C(=O)O)c(N)c1. The number of nitrogens with one attached hydrogen (secondary N) is 1. The molecule has 0 saturated heterocycles. The van der Waals surface area contributed by atoms with Crippen LogP contribution in [-0.4, -0.2) is 42.9 Å². The van der Waals surface area contributed by atoms with Gasteiger partial charge in [0, 0.05) is 24.4 Å². The molecule has 2 aromatic carbocycles. The number of carboxylic acid groups (broad SMARTS) is 2. The van der Waals surface area contributed by atoms with Crippen molar-refractivity contribution in [2.75, 3.05) is 31.8 Å².